The lowest BCUT2D eigenvalue weighted by Gasteiger charge is -2.29. The Morgan fingerprint density at radius 1 is 1.00 bits per heavy atom. The van der Waals surface area contributed by atoms with Gasteiger partial charge in [-0.2, -0.15) is 0 Å². The quantitative estimate of drug-likeness (QED) is 0.306. The molecule has 0 spiro atoms. The van der Waals surface area contributed by atoms with Gasteiger partial charge in [0.15, 0.2) is 0 Å². The molecular formula is C25H34N2O5S. The van der Waals surface area contributed by atoms with Crippen LogP contribution in [0.5, 0.6) is 11.5 Å². The van der Waals surface area contributed by atoms with Gasteiger partial charge in [-0.3, -0.25) is 4.79 Å². The molecule has 3 rings (SSSR count). The Hall–Kier alpha value is -2.26. The number of rotatable bonds is 13. The molecule has 1 saturated heterocycles. The maximum absolute atomic E-state index is 12.6. The molecule has 0 aromatic heterocycles. The first-order valence-electron chi connectivity index (χ1n) is 11.4. The van der Waals surface area contributed by atoms with E-state index in [9.17, 15) is 9.90 Å². The average molecular weight is 475 g/mol. The van der Waals surface area contributed by atoms with Gasteiger partial charge in [-0.25, -0.2) is 0 Å². The largest absolute Gasteiger partial charge is 0.493 e. The van der Waals surface area contributed by atoms with E-state index in [4.69, 9.17) is 14.2 Å². The van der Waals surface area contributed by atoms with E-state index in [2.05, 4.69) is 22.8 Å². The summed E-state index contributed by atoms with van der Waals surface area (Å²) in [6, 6.07) is 14.2. The van der Waals surface area contributed by atoms with Crippen LogP contribution in [0.1, 0.15) is 30.9 Å². The molecule has 1 heterocycles. The third-order valence-electron chi connectivity index (χ3n) is 5.59. The summed E-state index contributed by atoms with van der Waals surface area (Å²) < 4.78 is 16.2. The number of aliphatic hydroxyl groups is 1. The maximum atomic E-state index is 12.6. The van der Waals surface area contributed by atoms with Crippen LogP contribution < -0.4 is 14.8 Å². The van der Waals surface area contributed by atoms with Crippen molar-refractivity contribution in [2.75, 3.05) is 46.6 Å². The fraction of sp³-hybridized carbons (Fsp3) is 0.480. The second-order valence-corrected chi connectivity index (χ2v) is 8.65. The highest BCUT2D eigenvalue weighted by molar-refractivity contribution is 7.80. The number of nitrogens with zero attached hydrogens (tertiary/aromatic N) is 1. The number of methoxy groups -OCH3 is 1. The Balaban J connectivity index is 1.56. The standard InChI is InChI=1S/C25H34N2O5S/c1-30-16-17-32-20-6-4-19(5-7-20)25(29)23(18-27-13-2-3-14-27)26-24(28)12-15-31-21-8-10-22(33)11-9-21/h4-11,23,25,29,33H,2-3,12-18H2,1H3,(H,26,28)/t23-,25-/m1/s1. The zero-order valence-corrected chi connectivity index (χ0v) is 20.0. The molecule has 2 aromatic carbocycles. The van der Waals surface area contributed by atoms with Crippen LogP contribution in [0, 0.1) is 0 Å². The molecule has 180 valence electrons. The van der Waals surface area contributed by atoms with Gasteiger partial charge in [0.1, 0.15) is 24.2 Å². The SMILES string of the molecule is COCCOc1ccc([C@@H](O)[C@@H](CN2CCCC2)NC(=O)CCOc2ccc(S)cc2)cc1. The predicted octanol–water partition coefficient (Wildman–Crippen LogP) is 3.08. The molecule has 0 radical (unpaired) electrons. The molecule has 2 aromatic rings. The molecule has 33 heavy (non-hydrogen) atoms. The molecule has 1 aliphatic rings. The van der Waals surface area contributed by atoms with Crippen LogP contribution in [0.25, 0.3) is 0 Å². The van der Waals surface area contributed by atoms with Crippen LogP contribution in [0.3, 0.4) is 0 Å². The van der Waals surface area contributed by atoms with Crippen molar-refractivity contribution in [3.8, 4) is 11.5 Å². The Bertz CT molecular complexity index is 841. The molecule has 1 amide bonds. The summed E-state index contributed by atoms with van der Waals surface area (Å²) in [5, 5.41) is 14.1. The van der Waals surface area contributed by atoms with E-state index in [0.29, 0.717) is 31.3 Å². The topological polar surface area (TPSA) is 80.3 Å². The lowest BCUT2D eigenvalue weighted by molar-refractivity contribution is -0.123. The number of hydrogen-bond acceptors (Lipinski definition) is 7. The van der Waals surface area contributed by atoms with Gasteiger partial charge in [0.2, 0.25) is 5.91 Å². The zero-order valence-electron chi connectivity index (χ0n) is 19.1. The summed E-state index contributed by atoms with van der Waals surface area (Å²) in [7, 11) is 1.63. The van der Waals surface area contributed by atoms with Crippen molar-refractivity contribution in [1.82, 2.24) is 10.2 Å². The highest BCUT2D eigenvalue weighted by Crippen LogP contribution is 2.22. The second kappa shape index (κ2) is 13.4. The number of ether oxygens (including phenoxy) is 3. The predicted molar refractivity (Wildman–Crippen MR) is 130 cm³/mol. The smallest absolute Gasteiger partial charge is 0.223 e. The van der Waals surface area contributed by atoms with Gasteiger partial charge in [0.25, 0.3) is 0 Å². The molecule has 2 N–H and O–H groups in total. The minimum absolute atomic E-state index is 0.149. The Morgan fingerprint density at radius 3 is 2.24 bits per heavy atom. The van der Waals surface area contributed by atoms with Gasteiger partial charge in [-0.05, 0) is 67.9 Å². The molecule has 1 fully saturated rings. The first kappa shape index (κ1) is 25.4. The van der Waals surface area contributed by atoms with E-state index < -0.39 is 12.1 Å². The summed E-state index contributed by atoms with van der Waals surface area (Å²) in [5.41, 5.74) is 0.738. The monoisotopic (exact) mass is 474 g/mol. The third kappa shape index (κ3) is 8.55. The van der Waals surface area contributed by atoms with Crippen molar-refractivity contribution in [2.45, 2.75) is 36.3 Å². The van der Waals surface area contributed by atoms with E-state index in [1.807, 2.05) is 48.5 Å². The van der Waals surface area contributed by atoms with Crippen molar-refractivity contribution < 1.29 is 24.1 Å². The van der Waals surface area contributed by atoms with Gasteiger partial charge in [0, 0.05) is 18.6 Å². The van der Waals surface area contributed by atoms with Gasteiger partial charge in [-0.1, -0.05) is 12.1 Å². The van der Waals surface area contributed by atoms with Gasteiger partial charge < -0.3 is 29.5 Å². The van der Waals surface area contributed by atoms with Crippen molar-refractivity contribution >= 4 is 18.5 Å². The fourth-order valence-electron chi connectivity index (χ4n) is 3.79. The number of likely N-dealkylation sites (tertiary alicyclic amines) is 1. The lowest BCUT2D eigenvalue weighted by atomic mass is 10.0. The molecule has 0 aliphatic carbocycles. The summed E-state index contributed by atoms with van der Waals surface area (Å²) >= 11 is 4.25. The second-order valence-electron chi connectivity index (χ2n) is 8.13. The number of benzene rings is 2. The zero-order chi connectivity index (χ0) is 23.5. The van der Waals surface area contributed by atoms with Crippen LogP contribution in [0.15, 0.2) is 53.4 Å². The minimum atomic E-state index is -0.827. The third-order valence-corrected chi connectivity index (χ3v) is 5.89. The van der Waals surface area contributed by atoms with Crippen molar-refractivity contribution in [3.63, 3.8) is 0 Å². The number of amides is 1. The minimum Gasteiger partial charge on any atom is -0.493 e. The molecule has 8 heteroatoms. The van der Waals surface area contributed by atoms with Crippen molar-refractivity contribution in [1.29, 1.82) is 0 Å². The average Bonchev–Trinajstić information content (AvgIpc) is 3.33. The van der Waals surface area contributed by atoms with Gasteiger partial charge in [0.05, 0.1) is 25.7 Å². The molecule has 0 bridgehead atoms. The van der Waals surface area contributed by atoms with Gasteiger partial charge >= 0.3 is 0 Å². The van der Waals surface area contributed by atoms with Crippen LogP contribution in [0.4, 0.5) is 0 Å². The molecule has 0 unspecified atom stereocenters. The lowest BCUT2D eigenvalue weighted by Crippen LogP contribution is -2.47. The number of hydrogen-bond donors (Lipinski definition) is 3. The van der Waals surface area contributed by atoms with Crippen LogP contribution in [-0.4, -0.2) is 68.5 Å². The van der Waals surface area contributed by atoms with E-state index in [1.165, 1.54) is 0 Å². The maximum Gasteiger partial charge on any atom is 0.223 e. The molecular weight excluding hydrogens is 440 g/mol. The number of thiol groups is 1. The van der Waals surface area contributed by atoms with E-state index >= 15 is 0 Å². The summed E-state index contributed by atoms with van der Waals surface area (Å²) in [6.07, 6.45) is 1.66. The summed E-state index contributed by atoms with van der Waals surface area (Å²) in [6.45, 7) is 3.80. The van der Waals surface area contributed by atoms with E-state index in [-0.39, 0.29) is 18.9 Å². The highest BCUT2D eigenvalue weighted by Gasteiger charge is 2.26. The number of carbonyl (C=O) groups is 1. The Kier molecular flexibility index (Phi) is 10.3. The number of aliphatic hydroxyl groups excluding tert-OH is 1. The van der Waals surface area contributed by atoms with Crippen molar-refractivity contribution in [3.05, 3.63) is 54.1 Å². The first-order chi connectivity index (χ1) is 16.0. The summed E-state index contributed by atoms with van der Waals surface area (Å²) in [4.78, 5) is 15.8. The Morgan fingerprint density at radius 2 is 1.61 bits per heavy atom. The molecule has 0 saturated carbocycles. The number of nitrogens with one attached hydrogen (secondary N) is 1. The molecule has 7 nitrogen and oxygen atoms in total. The number of carbonyl (C=O) groups excluding carboxylic acids is 1. The molecule has 1 aliphatic heterocycles. The Labute approximate surface area is 201 Å². The first-order valence-corrected chi connectivity index (χ1v) is 11.8. The highest BCUT2D eigenvalue weighted by atomic mass is 32.1. The van der Waals surface area contributed by atoms with Crippen LogP contribution in [0.2, 0.25) is 0 Å². The van der Waals surface area contributed by atoms with E-state index in [0.717, 1.165) is 36.4 Å². The fourth-order valence-corrected chi connectivity index (χ4v) is 3.94. The van der Waals surface area contributed by atoms with Gasteiger partial charge in [-0.15, -0.1) is 12.6 Å². The molecule has 2 atom stereocenters. The van der Waals surface area contributed by atoms with Crippen LogP contribution in [-0.2, 0) is 9.53 Å². The van der Waals surface area contributed by atoms with Crippen LogP contribution >= 0.6 is 12.6 Å². The normalized spacial score (nSPS) is 15.7. The van der Waals surface area contributed by atoms with Crippen molar-refractivity contribution in [2.24, 2.45) is 0 Å². The summed E-state index contributed by atoms with van der Waals surface area (Å²) in [5.74, 6) is 1.26. The van der Waals surface area contributed by atoms with E-state index in [1.54, 1.807) is 7.11 Å².